The highest BCUT2D eigenvalue weighted by atomic mass is 28.3. The first-order valence-electron chi connectivity index (χ1n) is 9.67. The predicted molar refractivity (Wildman–Crippen MR) is 118 cm³/mol. The molecule has 26 heavy (non-hydrogen) atoms. The van der Waals surface area contributed by atoms with Gasteiger partial charge < -0.3 is 5.21 Å². The van der Waals surface area contributed by atoms with Gasteiger partial charge in [0.15, 0.2) is 11.8 Å². The third-order valence-electron chi connectivity index (χ3n) is 5.99. The molecule has 0 spiro atoms. The van der Waals surface area contributed by atoms with Crippen LogP contribution in [0, 0.1) is 5.21 Å². The molecule has 0 aromatic heterocycles. The van der Waals surface area contributed by atoms with Crippen molar-refractivity contribution in [2.45, 2.75) is 78.6 Å². The van der Waals surface area contributed by atoms with Gasteiger partial charge in [0.1, 0.15) is 0 Å². The highest BCUT2D eigenvalue weighted by Crippen LogP contribution is 2.41. The van der Waals surface area contributed by atoms with Crippen molar-refractivity contribution in [3.05, 3.63) is 46.7 Å². The summed E-state index contributed by atoms with van der Waals surface area (Å²) >= 11 is 0. The second-order valence-electron chi connectivity index (χ2n) is 9.86. The molecular formula is C23H35NOSi. The van der Waals surface area contributed by atoms with Gasteiger partial charge in [-0.25, -0.2) is 4.74 Å². The average Bonchev–Trinajstić information content (AvgIpc) is 2.65. The average molecular weight is 370 g/mol. The van der Waals surface area contributed by atoms with Gasteiger partial charge in [-0.2, -0.15) is 0 Å². The fourth-order valence-corrected chi connectivity index (χ4v) is 6.07. The van der Waals surface area contributed by atoms with Crippen molar-refractivity contribution < 1.29 is 4.74 Å². The normalized spacial score (nSPS) is 14.1. The number of hydroxylamine groups is 1. The summed E-state index contributed by atoms with van der Waals surface area (Å²) in [5, 5.41) is 14.5. The van der Waals surface area contributed by atoms with Crippen molar-refractivity contribution in [1.82, 2.24) is 0 Å². The summed E-state index contributed by atoms with van der Waals surface area (Å²) in [4.78, 5) is 0. The Bertz CT molecular complexity index is 791. The maximum Gasteiger partial charge on any atom is 0.182 e. The van der Waals surface area contributed by atoms with Crippen LogP contribution in [0.15, 0.2) is 30.3 Å². The van der Waals surface area contributed by atoms with Crippen molar-refractivity contribution in [3.63, 3.8) is 0 Å². The molecule has 0 saturated carbocycles. The summed E-state index contributed by atoms with van der Waals surface area (Å²) in [6.45, 7) is 20.1. The van der Waals surface area contributed by atoms with Crippen LogP contribution >= 0.6 is 0 Å². The summed E-state index contributed by atoms with van der Waals surface area (Å²) < 4.78 is 1.13. The molecule has 0 fully saturated rings. The molecule has 0 amide bonds. The molecule has 0 aliphatic heterocycles. The van der Waals surface area contributed by atoms with Crippen LogP contribution in [0.1, 0.15) is 59.6 Å². The van der Waals surface area contributed by atoms with Gasteiger partial charge in [0.25, 0.3) is 0 Å². The number of rotatable bonds is 3. The van der Waals surface area contributed by atoms with Gasteiger partial charge in [0.2, 0.25) is 0 Å². The van der Waals surface area contributed by atoms with Crippen molar-refractivity contribution in [2.75, 3.05) is 0 Å². The minimum absolute atomic E-state index is 0.210. The van der Waals surface area contributed by atoms with E-state index in [0.717, 1.165) is 16.7 Å². The molecule has 0 N–H and O–H groups in total. The van der Waals surface area contributed by atoms with Gasteiger partial charge in [-0.15, -0.1) is 0 Å². The summed E-state index contributed by atoms with van der Waals surface area (Å²) in [6, 6.07) is 10.6. The van der Waals surface area contributed by atoms with Crippen LogP contribution in [0.4, 0.5) is 0 Å². The number of hydrogen-bond donors (Lipinski definition) is 0. The summed E-state index contributed by atoms with van der Waals surface area (Å²) in [5.74, 6) is 0. The lowest BCUT2D eigenvalue weighted by atomic mass is 10.1. The SMILES string of the molecule is CCc1c2cccccc-2c(/C=[N+](/[O-])C(C)(C)C)c1[Si](C)(C)C(C)(C)C. The molecule has 0 atom stereocenters. The van der Waals surface area contributed by atoms with E-state index in [1.807, 2.05) is 27.0 Å². The topological polar surface area (TPSA) is 26.1 Å². The molecule has 0 aromatic rings. The fourth-order valence-electron chi connectivity index (χ4n) is 3.38. The highest BCUT2D eigenvalue weighted by Gasteiger charge is 2.42. The quantitative estimate of drug-likeness (QED) is 0.221. The zero-order valence-corrected chi connectivity index (χ0v) is 19.0. The first-order valence-corrected chi connectivity index (χ1v) is 12.7. The van der Waals surface area contributed by atoms with E-state index in [9.17, 15) is 5.21 Å². The van der Waals surface area contributed by atoms with Gasteiger partial charge in [0, 0.05) is 26.3 Å². The Morgan fingerprint density at radius 2 is 1.50 bits per heavy atom. The zero-order valence-electron chi connectivity index (χ0n) is 18.0. The van der Waals surface area contributed by atoms with Crippen LogP contribution < -0.4 is 5.19 Å². The molecule has 0 radical (unpaired) electrons. The maximum atomic E-state index is 12.9. The van der Waals surface area contributed by atoms with E-state index in [1.165, 1.54) is 21.9 Å². The van der Waals surface area contributed by atoms with Crippen LogP contribution in [0.3, 0.4) is 0 Å². The lowest BCUT2D eigenvalue weighted by Gasteiger charge is -2.38. The lowest BCUT2D eigenvalue weighted by molar-refractivity contribution is -0.530. The van der Waals surface area contributed by atoms with Gasteiger partial charge >= 0.3 is 0 Å². The molecule has 0 saturated heterocycles. The second kappa shape index (κ2) is 6.84. The van der Waals surface area contributed by atoms with E-state index in [2.05, 4.69) is 71.1 Å². The van der Waals surface area contributed by atoms with E-state index in [4.69, 9.17) is 0 Å². The van der Waals surface area contributed by atoms with Crippen LogP contribution in [0.2, 0.25) is 18.1 Å². The standard InChI is InChI=1S/C23H35NOSi/c1-10-17-18-14-12-11-13-15-19(18)20(16-24(25)22(2,3)4)21(17)26(8,9)23(5,6)7/h11-16H,10H2,1-9H3/b24-16+. The highest BCUT2D eigenvalue weighted by molar-refractivity contribution is 6.93. The Morgan fingerprint density at radius 1 is 0.962 bits per heavy atom. The number of fused-ring (bicyclic) bond motifs is 1. The molecule has 2 aliphatic rings. The smallest absolute Gasteiger partial charge is 0.182 e. The Balaban J connectivity index is 2.97. The van der Waals surface area contributed by atoms with Gasteiger partial charge in [0.05, 0.1) is 8.07 Å². The molecular weight excluding hydrogens is 334 g/mol. The zero-order chi connectivity index (χ0) is 19.9. The summed E-state index contributed by atoms with van der Waals surface area (Å²) in [6.07, 6.45) is 2.85. The van der Waals surface area contributed by atoms with Gasteiger partial charge in [-0.1, -0.05) is 71.1 Å². The van der Waals surface area contributed by atoms with E-state index < -0.39 is 13.6 Å². The molecule has 2 aliphatic carbocycles. The lowest BCUT2D eigenvalue weighted by Crippen LogP contribution is -2.52. The Labute approximate surface area is 160 Å². The van der Waals surface area contributed by atoms with Crippen molar-refractivity contribution in [3.8, 4) is 11.1 Å². The molecule has 2 nitrogen and oxygen atoms in total. The first-order chi connectivity index (χ1) is 11.8. The molecule has 2 rings (SSSR count). The first kappa shape index (κ1) is 20.7. The molecule has 0 heterocycles. The van der Waals surface area contributed by atoms with Crippen LogP contribution in [0.5, 0.6) is 0 Å². The van der Waals surface area contributed by atoms with Crippen LogP contribution in [0.25, 0.3) is 11.1 Å². The minimum Gasteiger partial charge on any atom is -0.623 e. The number of hydrogen-bond acceptors (Lipinski definition) is 1. The molecule has 0 bridgehead atoms. The molecule has 0 unspecified atom stereocenters. The third kappa shape index (κ3) is 3.59. The molecule has 3 heteroatoms. The van der Waals surface area contributed by atoms with Crippen molar-refractivity contribution >= 4 is 19.5 Å². The Hall–Kier alpha value is -1.61. The van der Waals surface area contributed by atoms with E-state index in [0.29, 0.717) is 0 Å². The monoisotopic (exact) mass is 369 g/mol. The van der Waals surface area contributed by atoms with E-state index in [-0.39, 0.29) is 5.04 Å². The largest absolute Gasteiger partial charge is 0.623 e. The third-order valence-corrected chi connectivity index (χ3v) is 11.6. The van der Waals surface area contributed by atoms with Crippen molar-refractivity contribution in [1.29, 1.82) is 0 Å². The predicted octanol–water partition coefficient (Wildman–Crippen LogP) is 5.80. The van der Waals surface area contributed by atoms with Crippen LogP contribution in [-0.4, -0.2) is 24.6 Å². The van der Waals surface area contributed by atoms with Gasteiger partial charge in [-0.3, -0.25) is 0 Å². The second-order valence-corrected chi connectivity index (χ2v) is 15.1. The Kier molecular flexibility index (Phi) is 5.45. The molecule has 0 aromatic carbocycles. The maximum absolute atomic E-state index is 12.9. The van der Waals surface area contributed by atoms with Gasteiger partial charge in [-0.05, 0) is 33.3 Å². The fraction of sp³-hybridized carbons (Fsp3) is 0.522. The number of nitrogens with zero attached hydrogens (tertiary/aromatic N) is 1. The minimum atomic E-state index is -1.82. The van der Waals surface area contributed by atoms with E-state index in [1.54, 1.807) is 0 Å². The summed E-state index contributed by atoms with van der Waals surface area (Å²) in [5.41, 5.74) is 4.63. The van der Waals surface area contributed by atoms with Crippen LogP contribution in [-0.2, 0) is 6.42 Å². The molecule has 142 valence electrons. The van der Waals surface area contributed by atoms with E-state index >= 15 is 0 Å². The van der Waals surface area contributed by atoms with Crippen molar-refractivity contribution in [2.24, 2.45) is 0 Å². The summed E-state index contributed by atoms with van der Waals surface area (Å²) in [7, 11) is -1.82. The Morgan fingerprint density at radius 3 is 1.96 bits per heavy atom.